The normalized spacial score (nSPS) is 15.7. The first-order valence-corrected chi connectivity index (χ1v) is 11.6. The van der Waals surface area contributed by atoms with Crippen LogP contribution in [0.1, 0.15) is 38.8 Å². The highest BCUT2D eigenvalue weighted by Crippen LogP contribution is 2.26. The van der Waals surface area contributed by atoms with Crippen LogP contribution in [0.5, 0.6) is 0 Å². The largest absolute Gasteiger partial charge is 0.379 e. The molecule has 1 aromatic carbocycles. The summed E-state index contributed by atoms with van der Waals surface area (Å²) in [5.41, 5.74) is 2.19. The predicted octanol–water partition coefficient (Wildman–Crippen LogP) is 4.61. The van der Waals surface area contributed by atoms with Crippen LogP contribution >= 0.6 is 22.9 Å². The van der Waals surface area contributed by atoms with Gasteiger partial charge in [-0.1, -0.05) is 23.7 Å². The zero-order valence-electron chi connectivity index (χ0n) is 17.2. The third kappa shape index (κ3) is 7.07. The molecular formula is C22H30ClN3O2S. The summed E-state index contributed by atoms with van der Waals surface area (Å²) in [6, 6.07) is 7.80. The molecule has 1 N–H and O–H groups in total. The average Bonchev–Trinajstić information content (AvgIpc) is 3.17. The molecule has 2 aromatic rings. The third-order valence-electron chi connectivity index (χ3n) is 5.06. The van der Waals surface area contributed by atoms with E-state index in [0.717, 1.165) is 60.2 Å². The Labute approximate surface area is 182 Å². The summed E-state index contributed by atoms with van der Waals surface area (Å²) in [5, 5.41) is 6.94. The van der Waals surface area contributed by atoms with Gasteiger partial charge in [0.25, 0.3) is 0 Å². The lowest BCUT2D eigenvalue weighted by Crippen LogP contribution is -2.40. The average molecular weight is 436 g/mol. The van der Waals surface area contributed by atoms with Crippen LogP contribution in [0, 0.1) is 5.92 Å². The van der Waals surface area contributed by atoms with Crippen molar-refractivity contribution in [1.82, 2.24) is 15.2 Å². The smallest absolute Gasteiger partial charge is 0.223 e. The van der Waals surface area contributed by atoms with Gasteiger partial charge in [-0.15, -0.1) is 11.3 Å². The van der Waals surface area contributed by atoms with Gasteiger partial charge in [0, 0.05) is 41.6 Å². The van der Waals surface area contributed by atoms with Gasteiger partial charge >= 0.3 is 0 Å². The Hall–Kier alpha value is -1.47. The first-order valence-electron chi connectivity index (χ1n) is 10.3. The Morgan fingerprint density at radius 1 is 1.31 bits per heavy atom. The highest BCUT2D eigenvalue weighted by Gasteiger charge is 2.25. The van der Waals surface area contributed by atoms with Gasteiger partial charge < -0.3 is 10.1 Å². The summed E-state index contributed by atoms with van der Waals surface area (Å²) < 4.78 is 5.51. The molecule has 1 saturated heterocycles. The number of hydrogen-bond acceptors (Lipinski definition) is 5. The number of thiazole rings is 1. The van der Waals surface area contributed by atoms with Crippen LogP contribution in [0.2, 0.25) is 5.02 Å². The quantitative estimate of drug-likeness (QED) is 0.584. The van der Waals surface area contributed by atoms with E-state index < -0.39 is 0 Å². The lowest BCUT2D eigenvalue weighted by molar-refractivity contribution is -0.126. The molecule has 1 amide bonds. The van der Waals surface area contributed by atoms with Gasteiger partial charge in [0.1, 0.15) is 5.01 Å². The molecule has 7 heteroatoms. The lowest BCUT2D eigenvalue weighted by atomic mass is 9.96. The van der Waals surface area contributed by atoms with Gasteiger partial charge in [0.2, 0.25) is 5.91 Å². The first-order chi connectivity index (χ1) is 14.0. The number of amides is 1. The number of likely N-dealkylation sites (tertiary alicyclic amines) is 1. The summed E-state index contributed by atoms with van der Waals surface area (Å²) in [6.45, 7) is 8.14. The molecule has 0 bridgehead atoms. The Morgan fingerprint density at radius 2 is 2.03 bits per heavy atom. The maximum atomic E-state index is 12.4. The monoisotopic (exact) mass is 435 g/mol. The van der Waals surface area contributed by atoms with Crippen molar-refractivity contribution >= 4 is 28.8 Å². The number of ether oxygens (including phenoxy) is 1. The van der Waals surface area contributed by atoms with Gasteiger partial charge in [-0.2, -0.15) is 0 Å². The third-order valence-corrected chi connectivity index (χ3v) is 6.25. The molecule has 0 saturated carbocycles. The minimum absolute atomic E-state index is 0.123. The van der Waals surface area contributed by atoms with Crippen molar-refractivity contribution in [1.29, 1.82) is 0 Å². The molecule has 0 aliphatic carbocycles. The van der Waals surface area contributed by atoms with E-state index >= 15 is 0 Å². The SMILES string of the molecule is CC(C)OCCCNC(=O)C1CCN(Cc2csc(-c3ccc(Cl)cc3)n2)CC1. The van der Waals surface area contributed by atoms with Crippen molar-refractivity contribution < 1.29 is 9.53 Å². The summed E-state index contributed by atoms with van der Waals surface area (Å²) in [4.78, 5) is 19.5. The second-order valence-corrected chi connectivity index (χ2v) is 9.06. The van der Waals surface area contributed by atoms with E-state index in [1.807, 2.05) is 38.1 Å². The highest BCUT2D eigenvalue weighted by molar-refractivity contribution is 7.13. The van der Waals surface area contributed by atoms with E-state index in [4.69, 9.17) is 21.3 Å². The molecule has 0 atom stereocenters. The van der Waals surface area contributed by atoms with Crippen molar-refractivity contribution in [2.24, 2.45) is 5.92 Å². The number of piperidine rings is 1. The first kappa shape index (κ1) is 22.2. The fourth-order valence-corrected chi connectivity index (χ4v) is 4.38. The van der Waals surface area contributed by atoms with Crippen molar-refractivity contribution in [3.63, 3.8) is 0 Å². The summed E-state index contributed by atoms with van der Waals surface area (Å²) in [6.07, 6.45) is 2.92. The number of benzene rings is 1. The van der Waals surface area contributed by atoms with Crippen molar-refractivity contribution in [3.05, 3.63) is 40.4 Å². The maximum Gasteiger partial charge on any atom is 0.223 e. The molecule has 1 fully saturated rings. The number of nitrogens with zero attached hydrogens (tertiary/aromatic N) is 2. The van der Waals surface area contributed by atoms with Gasteiger partial charge in [-0.25, -0.2) is 4.98 Å². The number of carbonyl (C=O) groups excluding carboxylic acids is 1. The number of nitrogens with one attached hydrogen (secondary N) is 1. The van der Waals surface area contributed by atoms with Crippen LogP contribution in [0.15, 0.2) is 29.6 Å². The molecule has 1 aliphatic heterocycles. The van der Waals surface area contributed by atoms with E-state index in [-0.39, 0.29) is 17.9 Å². The van der Waals surface area contributed by atoms with Crippen molar-refractivity contribution in [2.45, 2.75) is 45.8 Å². The minimum atomic E-state index is 0.123. The van der Waals surface area contributed by atoms with Crippen LogP contribution in [0.25, 0.3) is 10.6 Å². The van der Waals surface area contributed by atoms with Crippen molar-refractivity contribution in [3.8, 4) is 10.6 Å². The molecule has 1 aliphatic rings. The van der Waals surface area contributed by atoms with Crippen LogP contribution in [-0.2, 0) is 16.1 Å². The molecule has 0 unspecified atom stereocenters. The number of carbonyl (C=O) groups is 1. The van der Waals surface area contributed by atoms with E-state index in [1.165, 1.54) is 0 Å². The molecule has 3 rings (SSSR count). The molecule has 0 radical (unpaired) electrons. The second kappa shape index (κ2) is 11.1. The molecule has 158 valence electrons. The predicted molar refractivity (Wildman–Crippen MR) is 119 cm³/mol. The molecule has 2 heterocycles. The topological polar surface area (TPSA) is 54.5 Å². The summed E-state index contributed by atoms with van der Waals surface area (Å²) in [5.74, 6) is 0.310. The Kier molecular flexibility index (Phi) is 8.48. The zero-order valence-corrected chi connectivity index (χ0v) is 18.8. The Balaban J connectivity index is 1.39. The summed E-state index contributed by atoms with van der Waals surface area (Å²) >= 11 is 7.62. The van der Waals surface area contributed by atoms with E-state index in [1.54, 1.807) is 11.3 Å². The standard InChI is InChI=1S/C22H30ClN3O2S/c1-16(2)28-13-3-10-24-21(27)17-8-11-26(12-9-17)14-20-15-29-22(25-20)18-4-6-19(23)7-5-18/h4-7,15-17H,3,8-14H2,1-2H3,(H,24,27). The van der Waals surface area contributed by atoms with Gasteiger partial charge in [-0.3, -0.25) is 9.69 Å². The molecule has 5 nitrogen and oxygen atoms in total. The summed E-state index contributed by atoms with van der Waals surface area (Å²) in [7, 11) is 0. The fourth-order valence-electron chi connectivity index (χ4n) is 3.43. The van der Waals surface area contributed by atoms with E-state index in [2.05, 4.69) is 15.6 Å². The lowest BCUT2D eigenvalue weighted by Gasteiger charge is -2.30. The maximum absolute atomic E-state index is 12.4. The number of hydrogen-bond donors (Lipinski definition) is 1. The van der Waals surface area contributed by atoms with Crippen LogP contribution in [0.4, 0.5) is 0 Å². The van der Waals surface area contributed by atoms with Crippen molar-refractivity contribution in [2.75, 3.05) is 26.2 Å². The Bertz CT molecular complexity index is 771. The zero-order chi connectivity index (χ0) is 20.6. The van der Waals surface area contributed by atoms with Gasteiger partial charge in [0.15, 0.2) is 0 Å². The number of halogens is 1. The minimum Gasteiger partial charge on any atom is -0.379 e. The Morgan fingerprint density at radius 3 is 2.72 bits per heavy atom. The van der Waals surface area contributed by atoms with E-state index in [9.17, 15) is 4.79 Å². The van der Waals surface area contributed by atoms with E-state index in [0.29, 0.717) is 13.2 Å². The van der Waals surface area contributed by atoms with Gasteiger partial charge in [0.05, 0.1) is 11.8 Å². The van der Waals surface area contributed by atoms with Gasteiger partial charge in [-0.05, 0) is 58.3 Å². The van der Waals surface area contributed by atoms with Crippen LogP contribution < -0.4 is 5.32 Å². The molecule has 1 aromatic heterocycles. The van der Waals surface area contributed by atoms with Crippen LogP contribution in [-0.4, -0.2) is 48.1 Å². The fraction of sp³-hybridized carbons (Fsp3) is 0.545. The molecular weight excluding hydrogens is 406 g/mol. The second-order valence-electron chi connectivity index (χ2n) is 7.77. The molecule has 29 heavy (non-hydrogen) atoms. The van der Waals surface area contributed by atoms with Crippen LogP contribution in [0.3, 0.4) is 0 Å². The highest BCUT2D eigenvalue weighted by atomic mass is 35.5. The molecule has 0 spiro atoms. The number of rotatable bonds is 9. The number of aromatic nitrogens is 1.